The lowest BCUT2D eigenvalue weighted by atomic mass is 10.0. The van der Waals surface area contributed by atoms with Gasteiger partial charge >= 0.3 is 18.6 Å². The third kappa shape index (κ3) is 6.25. The van der Waals surface area contributed by atoms with E-state index in [0.29, 0.717) is 18.3 Å². The molecule has 0 spiro atoms. The highest BCUT2D eigenvalue weighted by Crippen LogP contribution is 2.39. The van der Waals surface area contributed by atoms with Gasteiger partial charge < -0.3 is 15.4 Å². The second-order valence-electron chi connectivity index (χ2n) is 8.86. The summed E-state index contributed by atoms with van der Waals surface area (Å²) >= 11 is 0. The Bertz CT molecular complexity index is 1290. The highest BCUT2D eigenvalue weighted by atomic mass is 19.4. The molecule has 0 aromatic carbocycles. The molecule has 10 nitrogen and oxygen atoms in total. The number of fused-ring (bicyclic) bond motifs is 1. The fraction of sp³-hybridized carbons (Fsp3) is 0.524. The molecule has 1 saturated carbocycles. The van der Waals surface area contributed by atoms with Crippen molar-refractivity contribution in [2.75, 3.05) is 5.32 Å². The summed E-state index contributed by atoms with van der Waals surface area (Å²) in [7, 11) is 0. The second kappa shape index (κ2) is 10.3. The van der Waals surface area contributed by atoms with Crippen LogP contribution in [-0.2, 0) is 22.3 Å². The maximum absolute atomic E-state index is 15.0. The fourth-order valence-electron chi connectivity index (χ4n) is 4.03. The molecule has 3 heterocycles. The number of imidazole rings is 1. The van der Waals surface area contributed by atoms with E-state index in [4.69, 9.17) is 4.74 Å². The number of halogens is 7. The molecule has 3 aromatic heterocycles. The quantitative estimate of drug-likeness (QED) is 0.354. The predicted octanol–water partition coefficient (Wildman–Crippen LogP) is 4.97. The van der Waals surface area contributed by atoms with E-state index in [-0.39, 0.29) is 24.2 Å². The third-order valence-corrected chi connectivity index (χ3v) is 5.63. The number of nitrogens with zero attached hydrogens (tertiary/aromatic N) is 4. The van der Waals surface area contributed by atoms with Crippen LogP contribution in [0.4, 0.5) is 47.3 Å². The molecule has 208 valence electrons. The predicted molar refractivity (Wildman–Crippen MR) is 116 cm³/mol. The van der Waals surface area contributed by atoms with Crippen LogP contribution in [0.25, 0.3) is 5.65 Å². The van der Waals surface area contributed by atoms with Crippen LogP contribution in [0.2, 0.25) is 0 Å². The van der Waals surface area contributed by atoms with Gasteiger partial charge in [-0.1, -0.05) is 0 Å². The SMILES string of the molecule is CC(C)NC(=O)O[C@H]1CC[C@@H](c2cc(Nc3ncc(C(F)(F)F)c4nc(COC(F)(F)F)cn34)n[nH]2)[C@@H]1F. The molecule has 38 heavy (non-hydrogen) atoms. The number of alkyl halides is 7. The topological polar surface area (TPSA) is 118 Å². The number of rotatable bonds is 7. The summed E-state index contributed by atoms with van der Waals surface area (Å²) in [6, 6.07) is 1.22. The van der Waals surface area contributed by atoms with Gasteiger partial charge in [-0.05, 0) is 26.7 Å². The van der Waals surface area contributed by atoms with Crippen LogP contribution in [0.5, 0.6) is 0 Å². The van der Waals surface area contributed by atoms with Crippen molar-refractivity contribution in [3.63, 3.8) is 0 Å². The van der Waals surface area contributed by atoms with Crippen LogP contribution in [-0.4, -0.2) is 55.3 Å². The minimum atomic E-state index is -5.01. The number of aromatic amines is 1. The van der Waals surface area contributed by atoms with Gasteiger partial charge in [-0.2, -0.15) is 18.3 Å². The highest BCUT2D eigenvalue weighted by Gasteiger charge is 2.41. The molecular weight excluding hydrogens is 531 g/mol. The zero-order chi connectivity index (χ0) is 27.8. The molecule has 3 N–H and O–H groups in total. The number of H-pyrrole nitrogens is 1. The summed E-state index contributed by atoms with van der Waals surface area (Å²) < 4.78 is 102. The van der Waals surface area contributed by atoms with Gasteiger partial charge in [0.1, 0.15) is 17.8 Å². The summed E-state index contributed by atoms with van der Waals surface area (Å²) in [6.45, 7) is 2.34. The monoisotopic (exact) mass is 553 g/mol. The molecular formula is C21H22F7N7O3. The van der Waals surface area contributed by atoms with Crippen LogP contribution in [0.15, 0.2) is 18.5 Å². The molecule has 3 aromatic rings. The van der Waals surface area contributed by atoms with Crippen LogP contribution in [0, 0.1) is 0 Å². The van der Waals surface area contributed by atoms with Gasteiger partial charge in [0.2, 0.25) is 5.95 Å². The summed E-state index contributed by atoms with van der Waals surface area (Å²) in [6.07, 6.45) is -11.2. The lowest BCUT2D eigenvalue weighted by Gasteiger charge is -2.18. The smallest absolute Gasteiger partial charge is 0.443 e. The first-order chi connectivity index (χ1) is 17.7. The first-order valence-corrected chi connectivity index (χ1v) is 11.3. The molecule has 0 saturated heterocycles. The molecule has 0 radical (unpaired) electrons. The van der Waals surface area contributed by atoms with Crippen LogP contribution >= 0.6 is 0 Å². The average Bonchev–Trinajstić information content (AvgIpc) is 3.50. The maximum Gasteiger partial charge on any atom is 0.522 e. The molecule has 1 aliphatic rings. The van der Waals surface area contributed by atoms with E-state index in [1.54, 1.807) is 13.8 Å². The zero-order valence-electron chi connectivity index (χ0n) is 19.8. The maximum atomic E-state index is 15.0. The number of anilines is 2. The van der Waals surface area contributed by atoms with E-state index in [0.717, 1.165) is 10.6 Å². The Morgan fingerprint density at radius 2 is 1.97 bits per heavy atom. The molecule has 1 fully saturated rings. The summed E-state index contributed by atoms with van der Waals surface area (Å²) in [4.78, 5) is 19.2. The summed E-state index contributed by atoms with van der Waals surface area (Å²) in [5, 5.41) is 11.8. The van der Waals surface area contributed by atoms with Crippen molar-refractivity contribution in [2.45, 2.75) is 70.1 Å². The molecule has 0 unspecified atom stereocenters. The Labute approximate surface area is 209 Å². The van der Waals surface area contributed by atoms with Gasteiger partial charge in [0.15, 0.2) is 11.5 Å². The number of carbonyl (C=O) groups excluding carboxylic acids is 1. The van der Waals surface area contributed by atoms with Gasteiger partial charge in [-0.25, -0.2) is 19.2 Å². The van der Waals surface area contributed by atoms with Crippen molar-refractivity contribution in [2.24, 2.45) is 0 Å². The summed E-state index contributed by atoms with van der Waals surface area (Å²) in [5.74, 6) is -0.897. The first-order valence-electron chi connectivity index (χ1n) is 11.3. The van der Waals surface area contributed by atoms with Gasteiger partial charge in [0.25, 0.3) is 0 Å². The Morgan fingerprint density at radius 3 is 2.63 bits per heavy atom. The van der Waals surface area contributed by atoms with Crippen molar-refractivity contribution in [3.8, 4) is 0 Å². The fourth-order valence-corrected chi connectivity index (χ4v) is 4.03. The number of amides is 1. The number of alkyl carbamates (subject to hydrolysis) is 1. The van der Waals surface area contributed by atoms with E-state index in [2.05, 4.69) is 35.5 Å². The van der Waals surface area contributed by atoms with E-state index < -0.39 is 60.3 Å². The number of ether oxygens (including phenoxy) is 2. The van der Waals surface area contributed by atoms with Crippen molar-refractivity contribution in [3.05, 3.63) is 35.4 Å². The molecule has 1 amide bonds. The van der Waals surface area contributed by atoms with E-state index in [9.17, 15) is 35.5 Å². The van der Waals surface area contributed by atoms with Crippen LogP contribution in [0.3, 0.4) is 0 Å². The Kier molecular flexibility index (Phi) is 7.40. The number of nitrogens with one attached hydrogen (secondary N) is 3. The highest BCUT2D eigenvalue weighted by molar-refractivity contribution is 5.67. The van der Waals surface area contributed by atoms with E-state index in [1.807, 2.05) is 0 Å². The number of aromatic nitrogens is 5. The minimum absolute atomic E-state index is 0.0458. The van der Waals surface area contributed by atoms with Crippen LogP contribution < -0.4 is 10.6 Å². The molecule has 1 aliphatic carbocycles. The Balaban J connectivity index is 1.53. The number of hydrogen-bond acceptors (Lipinski definition) is 7. The van der Waals surface area contributed by atoms with Gasteiger partial charge in [0, 0.05) is 36.1 Å². The lowest BCUT2D eigenvalue weighted by Crippen LogP contribution is -2.36. The van der Waals surface area contributed by atoms with Crippen LogP contribution in [0.1, 0.15) is 49.6 Å². The van der Waals surface area contributed by atoms with Crippen molar-refractivity contribution in [1.82, 2.24) is 29.9 Å². The number of hydrogen-bond donors (Lipinski definition) is 3. The van der Waals surface area contributed by atoms with Gasteiger partial charge in [-0.15, -0.1) is 13.2 Å². The third-order valence-electron chi connectivity index (χ3n) is 5.63. The Morgan fingerprint density at radius 1 is 1.24 bits per heavy atom. The average molecular weight is 553 g/mol. The normalized spacial score (nSPS) is 20.3. The Hall–Kier alpha value is -3.63. The second-order valence-corrected chi connectivity index (χ2v) is 8.86. The standard InChI is InChI=1S/C21H22F7N7O3/c1-9(2)30-19(36)38-14-4-3-11(16(14)22)13-5-15(34-33-13)32-18-29-6-12(20(23,24)25)17-31-10(7-35(17)18)8-37-21(26,27)28/h5-7,9,11,14,16H,3-4,8H2,1-2H3,(H,30,36)(H2,29,32,33,34)/t11-,14-,16-/m0/s1. The van der Waals surface area contributed by atoms with Crippen molar-refractivity contribution in [1.29, 1.82) is 0 Å². The molecule has 0 aliphatic heterocycles. The number of carbonyl (C=O) groups is 1. The lowest BCUT2D eigenvalue weighted by molar-refractivity contribution is -0.330. The zero-order valence-corrected chi connectivity index (χ0v) is 19.8. The minimum Gasteiger partial charge on any atom is -0.443 e. The van der Waals surface area contributed by atoms with Gasteiger partial charge in [-0.3, -0.25) is 14.2 Å². The molecule has 4 rings (SSSR count). The largest absolute Gasteiger partial charge is 0.522 e. The van der Waals surface area contributed by atoms with Gasteiger partial charge in [0.05, 0.1) is 12.3 Å². The van der Waals surface area contributed by atoms with Crippen molar-refractivity contribution < 1.29 is 45.0 Å². The summed E-state index contributed by atoms with van der Waals surface area (Å²) in [5.41, 5.74) is -2.07. The first kappa shape index (κ1) is 27.4. The van der Waals surface area contributed by atoms with Crippen molar-refractivity contribution >= 4 is 23.5 Å². The van der Waals surface area contributed by atoms with E-state index >= 15 is 0 Å². The molecule has 17 heteroatoms. The molecule has 3 atom stereocenters. The molecule has 0 bridgehead atoms. The van der Waals surface area contributed by atoms with E-state index in [1.165, 1.54) is 6.07 Å².